The van der Waals surface area contributed by atoms with Crippen LogP contribution in [-0.2, 0) is 16.0 Å². The van der Waals surface area contributed by atoms with Crippen molar-refractivity contribution in [3.8, 4) is 0 Å². The van der Waals surface area contributed by atoms with Gasteiger partial charge in [-0.2, -0.15) is 0 Å². The number of rotatable bonds is 11. The molecule has 1 aromatic rings. The summed E-state index contributed by atoms with van der Waals surface area (Å²) in [6, 6.07) is 7.82. The fourth-order valence-corrected chi connectivity index (χ4v) is 3.71. The Kier molecular flexibility index (Phi) is 8.47. The number of unbranched alkanes of at least 4 members (excludes halogenated alkanes) is 1. The highest BCUT2D eigenvalue weighted by Gasteiger charge is 2.27. The Morgan fingerprint density at radius 1 is 1.23 bits per heavy atom. The Bertz CT molecular complexity index is 808. The number of allylic oxidation sites excluding steroid dienone is 5. The van der Waals surface area contributed by atoms with Gasteiger partial charge in [-0.1, -0.05) is 54.1 Å². The zero-order valence-electron chi connectivity index (χ0n) is 17.2. The van der Waals surface area contributed by atoms with E-state index in [4.69, 9.17) is 11.6 Å². The highest BCUT2D eigenvalue weighted by atomic mass is 35.5. The van der Waals surface area contributed by atoms with Gasteiger partial charge in [-0.15, -0.1) is 0 Å². The van der Waals surface area contributed by atoms with E-state index in [0.717, 1.165) is 37.7 Å². The van der Waals surface area contributed by atoms with Crippen LogP contribution in [0.25, 0.3) is 0 Å². The van der Waals surface area contributed by atoms with Gasteiger partial charge in [-0.3, -0.25) is 9.59 Å². The second kappa shape index (κ2) is 11.3. The fraction of sp³-hybridized carbons (Fsp3) is 0.440. The lowest BCUT2D eigenvalue weighted by Crippen LogP contribution is -2.24. The Balaban J connectivity index is 1.39. The summed E-state index contributed by atoms with van der Waals surface area (Å²) in [6.07, 6.45) is 16.5. The predicted molar refractivity (Wildman–Crippen MR) is 120 cm³/mol. The van der Waals surface area contributed by atoms with Gasteiger partial charge >= 0.3 is 0 Å². The van der Waals surface area contributed by atoms with Crippen LogP contribution in [0.2, 0.25) is 5.02 Å². The normalized spacial score (nSPS) is 22.3. The zero-order valence-corrected chi connectivity index (χ0v) is 17.9. The molecule has 160 valence electrons. The third-order valence-electron chi connectivity index (χ3n) is 5.49. The molecule has 1 aromatic carbocycles. The molecule has 1 fully saturated rings. The summed E-state index contributed by atoms with van der Waals surface area (Å²) < 4.78 is 0. The van der Waals surface area contributed by atoms with E-state index in [9.17, 15) is 14.7 Å². The number of hydrogen-bond donors (Lipinski definition) is 2. The monoisotopic (exact) mass is 427 g/mol. The van der Waals surface area contributed by atoms with E-state index < -0.39 is 6.10 Å². The van der Waals surface area contributed by atoms with Crippen molar-refractivity contribution in [3.63, 3.8) is 0 Å². The van der Waals surface area contributed by atoms with Crippen LogP contribution in [0.5, 0.6) is 0 Å². The van der Waals surface area contributed by atoms with Crippen LogP contribution in [0.15, 0.2) is 60.7 Å². The summed E-state index contributed by atoms with van der Waals surface area (Å²) in [4.78, 5) is 23.8. The minimum atomic E-state index is -0.641. The highest BCUT2D eigenvalue weighted by Crippen LogP contribution is 2.27. The Morgan fingerprint density at radius 3 is 2.73 bits per heavy atom. The molecule has 0 heterocycles. The van der Waals surface area contributed by atoms with Crippen molar-refractivity contribution in [3.05, 3.63) is 71.3 Å². The van der Waals surface area contributed by atoms with Crippen molar-refractivity contribution in [2.45, 2.75) is 57.1 Å². The van der Waals surface area contributed by atoms with E-state index >= 15 is 0 Å². The molecule has 0 aliphatic heterocycles. The highest BCUT2D eigenvalue weighted by molar-refractivity contribution is 6.30. The summed E-state index contributed by atoms with van der Waals surface area (Å²) in [6.45, 7) is 0. The lowest BCUT2D eigenvalue weighted by Gasteiger charge is -2.13. The first-order chi connectivity index (χ1) is 14.5. The van der Waals surface area contributed by atoms with E-state index in [1.165, 1.54) is 0 Å². The van der Waals surface area contributed by atoms with Crippen LogP contribution in [-0.4, -0.2) is 28.9 Å². The molecule has 0 radical (unpaired) electrons. The van der Waals surface area contributed by atoms with Crippen LogP contribution in [0.1, 0.15) is 44.1 Å². The van der Waals surface area contributed by atoms with Crippen molar-refractivity contribution in [2.75, 3.05) is 0 Å². The van der Waals surface area contributed by atoms with Crippen molar-refractivity contribution in [1.29, 1.82) is 0 Å². The maximum atomic E-state index is 12.2. The quantitative estimate of drug-likeness (QED) is 0.401. The molecule has 2 N–H and O–H groups in total. The average molecular weight is 428 g/mol. The molecule has 3 atom stereocenters. The summed E-state index contributed by atoms with van der Waals surface area (Å²) in [5, 5.41) is 14.0. The van der Waals surface area contributed by atoms with Gasteiger partial charge in [0.2, 0.25) is 5.91 Å². The van der Waals surface area contributed by atoms with Crippen molar-refractivity contribution >= 4 is 23.3 Å². The first-order valence-corrected chi connectivity index (χ1v) is 11.2. The number of aliphatic hydroxyl groups excluding tert-OH is 1. The van der Waals surface area contributed by atoms with Crippen LogP contribution in [0.4, 0.5) is 0 Å². The number of carbonyl (C=O) groups excluding carboxylic acids is 2. The van der Waals surface area contributed by atoms with Gasteiger partial charge in [-0.25, -0.2) is 0 Å². The van der Waals surface area contributed by atoms with E-state index in [0.29, 0.717) is 23.9 Å². The van der Waals surface area contributed by atoms with Crippen molar-refractivity contribution < 1.29 is 14.7 Å². The maximum Gasteiger partial charge on any atom is 0.220 e. The molecule has 30 heavy (non-hydrogen) atoms. The number of nitrogens with one attached hydrogen (secondary N) is 1. The number of amides is 1. The van der Waals surface area contributed by atoms with E-state index in [2.05, 4.69) is 17.5 Å². The van der Waals surface area contributed by atoms with Gasteiger partial charge < -0.3 is 10.4 Å². The number of ketones is 1. The molecule has 1 amide bonds. The molecule has 0 saturated heterocycles. The second-order valence-electron chi connectivity index (χ2n) is 8.18. The summed E-state index contributed by atoms with van der Waals surface area (Å²) in [7, 11) is 0. The van der Waals surface area contributed by atoms with Gasteiger partial charge in [0.25, 0.3) is 0 Å². The number of benzene rings is 1. The number of carbonyl (C=O) groups is 2. The molecule has 1 saturated carbocycles. The Labute approximate surface area is 183 Å². The summed E-state index contributed by atoms with van der Waals surface area (Å²) >= 11 is 5.89. The first-order valence-electron chi connectivity index (χ1n) is 10.8. The number of hydrogen-bond acceptors (Lipinski definition) is 3. The molecular weight excluding hydrogens is 398 g/mol. The molecule has 0 unspecified atom stereocenters. The largest absolute Gasteiger partial charge is 0.389 e. The van der Waals surface area contributed by atoms with Gasteiger partial charge in [-0.05, 0) is 61.8 Å². The van der Waals surface area contributed by atoms with Gasteiger partial charge in [0.15, 0.2) is 5.78 Å². The zero-order chi connectivity index (χ0) is 21.3. The standard InChI is InChI=1S/C25H30ClNO3/c26-20-10-7-18(8-11-20)17-22(28)14-15-23-19(9-16-24(23)29)5-3-1-2-4-6-25(30)27-21-12-13-21/h1,3,7-11,14-16,19,21-23,28H,2,4-6,12-13,17H2,(H,27,30)/b3-1-,15-14+/t19-,22+,23+/m0/s1. The second-order valence-corrected chi connectivity index (χ2v) is 8.61. The van der Waals surface area contributed by atoms with Gasteiger partial charge in [0.1, 0.15) is 0 Å². The lowest BCUT2D eigenvalue weighted by atomic mass is 9.90. The molecular formula is C25H30ClNO3. The maximum absolute atomic E-state index is 12.2. The molecule has 2 aliphatic carbocycles. The van der Waals surface area contributed by atoms with Crippen LogP contribution >= 0.6 is 11.6 Å². The molecule has 4 nitrogen and oxygen atoms in total. The van der Waals surface area contributed by atoms with E-state index in [-0.39, 0.29) is 23.5 Å². The van der Waals surface area contributed by atoms with Crippen LogP contribution in [0, 0.1) is 11.8 Å². The summed E-state index contributed by atoms with van der Waals surface area (Å²) in [5.74, 6) is 0.127. The minimum Gasteiger partial charge on any atom is -0.389 e. The number of halogens is 1. The van der Waals surface area contributed by atoms with Gasteiger partial charge in [0, 0.05) is 29.8 Å². The molecule has 0 aromatic heterocycles. The first kappa shape index (κ1) is 22.5. The lowest BCUT2D eigenvalue weighted by molar-refractivity contribution is -0.121. The minimum absolute atomic E-state index is 0.0834. The van der Waals surface area contributed by atoms with Crippen LogP contribution in [0.3, 0.4) is 0 Å². The number of aliphatic hydroxyl groups is 1. The Hall–Kier alpha value is -2.17. The molecule has 5 heteroatoms. The van der Waals surface area contributed by atoms with E-state index in [1.54, 1.807) is 24.3 Å². The van der Waals surface area contributed by atoms with E-state index in [1.807, 2.05) is 24.3 Å². The SMILES string of the molecule is O=C(CCC/C=C\C[C@H]1C=CC(=O)[C@@H]1/C=C/[C@@H](O)Cc1ccc(Cl)cc1)NC1CC1. The smallest absolute Gasteiger partial charge is 0.220 e. The summed E-state index contributed by atoms with van der Waals surface area (Å²) in [5.41, 5.74) is 0.998. The fourth-order valence-electron chi connectivity index (χ4n) is 3.58. The topological polar surface area (TPSA) is 66.4 Å². The molecule has 0 spiro atoms. The predicted octanol–water partition coefficient (Wildman–Crippen LogP) is 4.57. The molecule has 3 rings (SSSR count). The average Bonchev–Trinajstić information content (AvgIpc) is 3.46. The van der Waals surface area contributed by atoms with Gasteiger partial charge in [0.05, 0.1) is 6.10 Å². The molecule has 2 aliphatic rings. The Morgan fingerprint density at radius 2 is 2.00 bits per heavy atom. The van der Waals surface area contributed by atoms with Crippen molar-refractivity contribution in [1.82, 2.24) is 5.32 Å². The third kappa shape index (κ3) is 7.58. The van der Waals surface area contributed by atoms with Crippen LogP contribution < -0.4 is 5.32 Å². The molecule has 0 bridgehead atoms. The van der Waals surface area contributed by atoms with Crippen molar-refractivity contribution in [2.24, 2.45) is 11.8 Å². The third-order valence-corrected chi connectivity index (χ3v) is 5.74.